The maximum absolute atomic E-state index is 4.36. The Morgan fingerprint density at radius 1 is 1.35 bits per heavy atom. The zero-order valence-electron chi connectivity index (χ0n) is 13.4. The minimum atomic E-state index is 0.00952. The van der Waals surface area contributed by atoms with E-state index < -0.39 is 0 Å². The Bertz CT molecular complexity index is 401. The zero-order valence-corrected chi connectivity index (χ0v) is 13.4. The molecule has 0 aromatic carbocycles. The standard InChI is InChI=1S/C15H29N5/c1-5-10-19(14-6-8-16-9-7-14)11-13-12-20(18-17-13)15(2,3)4/h12,14,16H,5-11H2,1-4H3. The van der Waals surface area contributed by atoms with Gasteiger partial charge < -0.3 is 5.32 Å². The Hall–Kier alpha value is -0.940. The molecule has 5 nitrogen and oxygen atoms in total. The molecular formula is C15H29N5. The van der Waals surface area contributed by atoms with E-state index in [1.165, 1.54) is 19.3 Å². The first-order valence-electron chi connectivity index (χ1n) is 7.87. The molecule has 5 heteroatoms. The van der Waals surface area contributed by atoms with Crippen LogP contribution in [0.2, 0.25) is 0 Å². The molecule has 0 amide bonds. The summed E-state index contributed by atoms with van der Waals surface area (Å²) in [5.41, 5.74) is 1.10. The van der Waals surface area contributed by atoms with Crippen LogP contribution >= 0.6 is 0 Å². The summed E-state index contributed by atoms with van der Waals surface area (Å²) < 4.78 is 1.97. The maximum atomic E-state index is 4.36. The van der Waals surface area contributed by atoms with Crippen molar-refractivity contribution >= 4 is 0 Å². The van der Waals surface area contributed by atoms with Crippen molar-refractivity contribution in [2.24, 2.45) is 0 Å². The smallest absolute Gasteiger partial charge is 0.0967 e. The molecule has 1 aliphatic heterocycles. The third-order valence-corrected chi connectivity index (χ3v) is 3.93. The van der Waals surface area contributed by atoms with Crippen LogP contribution in [0.25, 0.3) is 0 Å². The molecule has 2 heterocycles. The second kappa shape index (κ2) is 6.68. The minimum absolute atomic E-state index is 0.00952. The van der Waals surface area contributed by atoms with Crippen LogP contribution in [0.15, 0.2) is 6.20 Å². The van der Waals surface area contributed by atoms with Gasteiger partial charge in [0.15, 0.2) is 0 Å². The number of nitrogens with zero attached hydrogens (tertiary/aromatic N) is 4. The van der Waals surface area contributed by atoms with Crippen molar-refractivity contribution in [1.29, 1.82) is 0 Å². The highest BCUT2D eigenvalue weighted by molar-refractivity contribution is 4.96. The first kappa shape index (κ1) is 15.4. The third kappa shape index (κ3) is 4.03. The van der Waals surface area contributed by atoms with Gasteiger partial charge in [-0.1, -0.05) is 12.1 Å². The molecule has 1 aliphatic rings. The Labute approximate surface area is 122 Å². The van der Waals surface area contributed by atoms with E-state index >= 15 is 0 Å². The van der Waals surface area contributed by atoms with Crippen molar-refractivity contribution < 1.29 is 0 Å². The molecule has 0 atom stereocenters. The predicted molar refractivity (Wildman–Crippen MR) is 81.6 cm³/mol. The van der Waals surface area contributed by atoms with Crippen LogP contribution in [-0.4, -0.2) is 45.6 Å². The molecule has 1 N–H and O–H groups in total. The van der Waals surface area contributed by atoms with Gasteiger partial charge in [0.2, 0.25) is 0 Å². The normalized spacial score (nSPS) is 17.9. The van der Waals surface area contributed by atoms with Crippen LogP contribution in [0.5, 0.6) is 0 Å². The van der Waals surface area contributed by atoms with Gasteiger partial charge in [0.25, 0.3) is 0 Å². The lowest BCUT2D eigenvalue weighted by Gasteiger charge is -2.33. The van der Waals surface area contributed by atoms with Crippen molar-refractivity contribution in [1.82, 2.24) is 25.2 Å². The van der Waals surface area contributed by atoms with Gasteiger partial charge in [0, 0.05) is 12.6 Å². The lowest BCUT2D eigenvalue weighted by molar-refractivity contribution is 0.152. The predicted octanol–water partition coefficient (Wildman–Crippen LogP) is 2.00. The SMILES string of the molecule is CCCN(Cc1cn(C(C)(C)C)nn1)C1CCNCC1. The Kier molecular flexibility index (Phi) is 5.16. The molecule has 1 fully saturated rings. The summed E-state index contributed by atoms with van der Waals surface area (Å²) >= 11 is 0. The Balaban J connectivity index is 2.01. The van der Waals surface area contributed by atoms with E-state index in [0.717, 1.165) is 31.9 Å². The zero-order chi connectivity index (χ0) is 14.6. The first-order valence-corrected chi connectivity index (χ1v) is 7.87. The van der Waals surface area contributed by atoms with Crippen LogP contribution in [0, 0.1) is 0 Å². The van der Waals surface area contributed by atoms with E-state index in [2.05, 4.69) is 54.4 Å². The molecule has 1 saturated heterocycles. The fourth-order valence-electron chi connectivity index (χ4n) is 2.76. The first-order chi connectivity index (χ1) is 9.50. The molecule has 20 heavy (non-hydrogen) atoms. The highest BCUT2D eigenvalue weighted by atomic mass is 15.4. The second-order valence-electron chi connectivity index (χ2n) is 6.78. The molecule has 0 radical (unpaired) electrons. The average Bonchev–Trinajstić information content (AvgIpc) is 2.88. The quantitative estimate of drug-likeness (QED) is 0.895. The van der Waals surface area contributed by atoms with Gasteiger partial charge in [-0.05, 0) is 59.7 Å². The lowest BCUT2D eigenvalue weighted by atomic mass is 10.0. The molecule has 0 unspecified atom stereocenters. The monoisotopic (exact) mass is 279 g/mol. The molecule has 114 valence electrons. The highest BCUT2D eigenvalue weighted by Crippen LogP contribution is 2.17. The number of aromatic nitrogens is 3. The fourth-order valence-corrected chi connectivity index (χ4v) is 2.76. The lowest BCUT2D eigenvalue weighted by Crippen LogP contribution is -2.43. The van der Waals surface area contributed by atoms with E-state index in [4.69, 9.17) is 0 Å². The average molecular weight is 279 g/mol. The van der Waals surface area contributed by atoms with Crippen molar-refractivity contribution in [3.8, 4) is 0 Å². The van der Waals surface area contributed by atoms with Gasteiger partial charge in [-0.2, -0.15) is 0 Å². The van der Waals surface area contributed by atoms with Crippen molar-refractivity contribution in [2.45, 2.75) is 65.1 Å². The van der Waals surface area contributed by atoms with E-state index in [0.29, 0.717) is 6.04 Å². The van der Waals surface area contributed by atoms with E-state index in [1.54, 1.807) is 0 Å². The number of piperidine rings is 1. The van der Waals surface area contributed by atoms with Crippen LogP contribution in [-0.2, 0) is 12.1 Å². The fraction of sp³-hybridized carbons (Fsp3) is 0.867. The van der Waals surface area contributed by atoms with Gasteiger partial charge in [-0.15, -0.1) is 5.10 Å². The number of hydrogen-bond donors (Lipinski definition) is 1. The van der Waals surface area contributed by atoms with E-state index in [-0.39, 0.29) is 5.54 Å². The maximum Gasteiger partial charge on any atom is 0.0967 e. The molecule has 1 aromatic heterocycles. The van der Waals surface area contributed by atoms with Gasteiger partial charge in [-0.25, -0.2) is 4.68 Å². The van der Waals surface area contributed by atoms with Crippen molar-refractivity contribution in [3.63, 3.8) is 0 Å². The van der Waals surface area contributed by atoms with Gasteiger partial charge in [0.05, 0.1) is 17.4 Å². The topological polar surface area (TPSA) is 46.0 Å². The minimum Gasteiger partial charge on any atom is -0.317 e. The summed E-state index contributed by atoms with van der Waals surface area (Å²) in [6.45, 7) is 13.1. The third-order valence-electron chi connectivity index (χ3n) is 3.93. The highest BCUT2D eigenvalue weighted by Gasteiger charge is 2.22. The number of nitrogens with one attached hydrogen (secondary N) is 1. The summed E-state index contributed by atoms with van der Waals surface area (Å²) in [4.78, 5) is 2.58. The molecule has 0 saturated carbocycles. The summed E-state index contributed by atoms with van der Waals surface area (Å²) in [7, 11) is 0. The van der Waals surface area contributed by atoms with Crippen molar-refractivity contribution in [3.05, 3.63) is 11.9 Å². The van der Waals surface area contributed by atoms with Crippen LogP contribution in [0.1, 0.15) is 52.7 Å². The largest absolute Gasteiger partial charge is 0.317 e. The van der Waals surface area contributed by atoms with Crippen LogP contribution in [0.3, 0.4) is 0 Å². The Morgan fingerprint density at radius 3 is 2.60 bits per heavy atom. The molecule has 1 aromatic rings. The van der Waals surface area contributed by atoms with Gasteiger partial charge in [0.1, 0.15) is 0 Å². The van der Waals surface area contributed by atoms with E-state index in [9.17, 15) is 0 Å². The van der Waals surface area contributed by atoms with Crippen LogP contribution < -0.4 is 5.32 Å². The van der Waals surface area contributed by atoms with Crippen LogP contribution in [0.4, 0.5) is 0 Å². The molecular weight excluding hydrogens is 250 g/mol. The number of rotatable bonds is 5. The van der Waals surface area contributed by atoms with Crippen molar-refractivity contribution in [2.75, 3.05) is 19.6 Å². The summed E-state index contributed by atoms with van der Waals surface area (Å²) in [6.07, 6.45) is 5.78. The second-order valence-corrected chi connectivity index (χ2v) is 6.78. The molecule has 0 aliphatic carbocycles. The van der Waals surface area contributed by atoms with Gasteiger partial charge in [-0.3, -0.25) is 4.90 Å². The molecule has 0 spiro atoms. The summed E-state index contributed by atoms with van der Waals surface area (Å²) in [6, 6.07) is 0.691. The summed E-state index contributed by atoms with van der Waals surface area (Å²) in [5, 5.41) is 12.1. The van der Waals surface area contributed by atoms with Gasteiger partial charge >= 0.3 is 0 Å². The number of hydrogen-bond acceptors (Lipinski definition) is 4. The molecule has 2 rings (SSSR count). The summed E-state index contributed by atoms with van der Waals surface area (Å²) in [5.74, 6) is 0. The van der Waals surface area contributed by atoms with E-state index in [1.807, 2.05) is 4.68 Å². The Morgan fingerprint density at radius 2 is 2.05 bits per heavy atom. The molecule has 0 bridgehead atoms.